The van der Waals surface area contributed by atoms with E-state index in [1.54, 1.807) is 30.3 Å². The van der Waals surface area contributed by atoms with Crippen LogP contribution in [0.2, 0.25) is 5.02 Å². The first-order valence-corrected chi connectivity index (χ1v) is 8.69. The van der Waals surface area contributed by atoms with Gasteiger partial charge in [-0.05, 0) is 24.3 Å². The summed E-state index contributed by atoms with van der Waals surface area (Å²) in [6.07, 6.45) is 0. The number of hydrogen-bond donors (Lipinski definition) is 0. The normalized spacial score (nSPS) is 10.5. The van der Waals surface area contributed by atoms with E-state index in [1.807, 2.05) is 0 Å². The second kappa shape index (κ2) is 8.32. The third-order valence-electron chi connectivity index (χ3n) is 4.18. The molecule has 0 spiro atoms. The molecule has 0 saturated carbocycles. The quantitative estimate of drug-likeness (QED) is 0.584. The molecule has 0 amide bonds. The van der Waals surface area contributed by atoms with Crippen molar-refractivity contribution in [3.05, 3.63) is 64.6 Å². The van der Waals surface area contributed by atoms with E-state index < -0.39 is 17.8 Å². The number of rotatable bonds is 5. The Morgan fingerprint density at radius 2 is 1.66 bits per heavy atom. The summed E-state index contributed by atoms with van der Waals surface area (Å²) in [5, 5.41) is 4.05. The van der Waals surface area contributed by atoms with Crippen molar-refractivity contribution in [2.45, 2.75) is 0 Å². The molecule has 3 rings (SSSR count). The maximum absolute atomic E-state index is 14.5. The standard InChI is InChI=1S/C20H16ClFN2O5/c1-27-13-10-9-12(15(21)16(13)22)17-14(19(25)28-2)18(20(26)29-3)24(23-17)11-7-5-4-6-8-11/h4-10H,1-3H3. The molecule has 0 aliphatic carbocycles. The second-order valence-electron chi connectivity index (χ2n) is 5.75. The van der Waals surface area contributed by atoms with Crippen molar-refractivity contribution in [2.24, 2.45) is 0 Å². The summed E-state index contributed by atoms with van der Waals surface area (Å²) < 4.78 is 30.3. The minimum Gasteiger partial charge on any atom is -0.494 e. The average Bonchev–Trinajstić information content (AvgIpc) is 3.15. The molecular formula is C20H16ClFN2O5. The molecule has 9 heteroatoms. The van der Waals surface area contributed by atoms with Crippen LogP contribution < -0.4 is 4.74 Å². The lowest BCUT2D eigenvalue weighted by Gasteiger charge is -2.08. The highest BCUT2D eigenvalue weighted by Gasteiger charge is 2.32. The lowest BCUT2D eigenvalue weighted by atomic mass is 10.0. The van der Waals surface area contributed by atoms with Crippen LogP contribution in [0.4, 0.5) is 4.39 Å². The fraction of sp³-hybridized carbons (Fsp3) is 0.150. The number of carbonyl (C=O) groups is 2. The first kappa shape index (κ1) is 20.3. The van der Waals surface area contributed by atoms with Crippen molar-refractivity contribution in [2.75, 3.05) is 21.3 Å². The Balaban J connectivity index is 2.39. The molecule has 0 unspecified atom stereocenters. The van der Waals surface area contributed by atoms with Gasteiger partial charge >= 0.3 is 11.9 Å². The molecule has 29 heavy (non-hydrogen) atoms. The second-order valence-corrected chi connectivity index (χ2v) is 6.12. The molecule has 7 nitrogen and oxygen atoms in total. The van der Waals surface area contributed by atoms with E-state index in [1.165, 1.54) is 31.0 Å². The molecule has 0 fully saturated rings. The number of benzene rings is 2. The minimum absolute atomic E-state index is 0.0346. The predicted octanol–water partition coefficient (Wildman–Crippen LogP) is 3.91. The number of para-hydroxylation sites is 1. The maximum atomic E-state index is 14.5. The zero-order valence-corrected chi connectivity index (χ0v) is 16.5. The SMILES string of the molecule is COC(=O)c1c(-c2ccc(OC)c(F)c2Cl)nn(-c2ccccc2)c1C(=O)OC. The summed E-state index contributed by atoms with van der Waals surface area (Å²) in [5.41, 5.74) is 0.162. The monoisotopic (exact) mass is 418 g/mol. The molecule has 0 saturated heterocycles. The first-order chi connectivity index (χ1) is 13.9. The van der Waals surface area contributed by atoms with E-state index in [-0.39, 0.29) is 33.3 Å². The van der Waals surface area contributed by atoms with Crippen LogP contribution in [0.3, 0.4) is 0 Å². The minimum atomic E-state index is -0.852. The molecule has 1 aromatic heterocycles. The Morgan fingerprint density at radius 3 is 2.24 bits per heavy atom. The largest absolute Gasteiger partial charge is 0.494 e. The van der Waals surface area contributed by atoms with Gasteiger partial charge in [0.15, 0.2) is 17.3 Å². The van der Waals surface area contributed by atoms with Crippen LogP contribution in [-0.4, -0.2) is 43.0 Å². The summed E-state index contributed by atoms with van der Waals surface area (Å²) in [6.45, 7) is 0. The van der Waals surface area contributed by atoms with Crippen molar-refractivity contribution >= 4 is 23.5 Å². The number of hydrogen-bond acceptors (Lipinski definition) is 6. The van der Waals surface area contributed by atoms with Crippen LogP contribution in [0.15, 0.2) is 42.5 Å². The third kappa shape index (κ3) is 3.54. The highest BCUT2D eigenvalue weighted by molar-refractivity contribution is 6.33. The Morgan fingerprint density at radius 1 is 1.00 bits per heavy atom. The van der Waals surface area contributed by atoms with Gasteiger partial charge in [-0.1, -0.05) is 29.8 Å². The van der Waals surface area contributed by atoms with Gasteiger partial charge < -0.3 is 14.2 Å². The number of nitrogens with zero attached hydrogens (tertiary/aromatic N) is 2. The summed E-state index contributed by atoms with van der Waals surface area (Å²) in [5.74, 6) is -2.57. The van der Waals surface area contributed by atoms with Crippen LogP contribution in [-0.2, 0) is 9.47 Å². The van der Waals surface area contributed by atoms with Gasteiger partial charge in [-0.25, -0.2) is 18.7 Å². The van der Waals surface area contributed by atoms with Gasteiger partial charge in [0.05, 0.1) is 32.0 Å². The smallest absolute Gasteiger partial charge is 0.357 e. The molecule has 0 atom stereocenters. The van der Waals surface area contributed by atoms with Gasteiger partial charge in [-0.2, -0.15) is 5.10 Å². The van der Waals surface area contributed by atoms with E-state index in [0.717, 1.165) is 7.11 Å². The molecule has 3 aromatic rings. The Bertz CT molecular complexity index is 1080. The molecule has 1 heterocycles. The van der Waals surface area contributed by atoms with Crippen LogP contribution in [0, 0.1) is 5.82 Å². The molecule has 0 radical (unpaired) electrons. The zero-order valence-electron chi connectivity index (χ0n) is 15.7. The van der Waals surface area contributed by atoms with Crippen LogP contribution >= 0.6 is 11.6 Å². The Hall–Kier alpha value is -3.39. The van der Waals surface area contributed by atoms with Crippen LogP contribution in [0.1, 0.15) is 20.8 Å². The van der Waals surface area contributed by atoms with Gasteiger partial charge in [0.1, 0.15) is 11.3 Å². The van der Waals surface area contributed by atoms with E-state index >= 15 is 0 Å². The number of esters is 2. The van der Waals surface area contributed by atoms with Crippen LogP contribution in [0.25, 0.3) is 16.9 Å². The predicted molar refractivity (Wildman–Crippen MR) is 103 cm³/mol. The maximum Gasteiger partial charge on any atom is 0.357 e. The van der Waals surface area contributed by atoms with Crippen molar-refractivity contribution in [3.8, 4) is 22.7 Å². The van der Waals surface area contributed by atoms with Crippen molar-refractivity contribution in [3.63, 3.8) is 0 Å². The molecular weight excluding hydrogens is 403 g/mol. The molecule has 0 bridgehead atoms. The van der Waals surface area contributed by atoms with Crippen molar-refractivity contribution in [1.82, 2.24) is 9.78 Å². The third-order valence-corrected chi connectivity index (χ3v) is 4.55. The van der Waals surface area contributed by atoms with Gasteiger partial charge in [-0.15, -0.1) is 0 Å². The van der Waals surface area contributed by atoms with Crippen molar-refractivity contribution in [1.29, 1.82) is 0 Å². The number of aromatic nitrogens is 2. The summed E-state index contributed by atoms with van der Waals surface area (Å²) in [6, 6.07) is 11.4. The average molecular weight is 419 g/mol. The van der Waals surface area contributed by atoms with Gasteiger partial charge in [0, 0.05) is 5.56 Å². The van der Waals surface area contributed by atoms with Crippen molar-refractivity contribution < 1.29 is 28.2 Å². The summed E-state index contributed by atoms with van der Waals surface area (Å²) >= 11 is 6.18. The van der Waals surface area contributed by atoms with E-state index in [2.05, 4.69) is 5.10 Å². The topological polar surface area (TPSA) is 79.7 Å². The number of methoxy groups -OCH3 is 3. The molecule has 2 aromatic carbocycles. The van der Waals surface area contributed by atoms with E-state index in [9.17, 15) is 14.0 Å². The lowest BCUT2D eigenvalue weighted by molar-refractivity contribution is 0.0549. The number of ether oxygens (including phenoxy) is 3. The van der Waals surface area contributed by atoms with Gasteiger partial charge in [0.2, 0.25) is 0 Å². The zero-order chi connectivity index (χ0) is 21.1. The van der Waals surface area contributed by atoms with Gasteiger partial charge in [0.25, 0.3) is 0 Å². The number of carbonyl (C=O) groups excluding carboxylic acids is 2. The van der Waals surface area contributed by atoms with Gasteiger partial charge in [-0.3, -0.25) is 0 Å². The molecule has 150 valence electrons. The summed E-state index contributed by atoms with van der Waals surface area (Å²) in [7, 11) is 3.63. The highest BCUT2D eigenvalue weighted by Crippen LogP contribution is 2.37. The fourth-order valence-corrected chi connectivity index (χ4v) is 3.06. The Kier molecular flexibility index (Phi) is 5.84. The Labute approximate surface area is 170 Å². The van der Waals surface area contributed by atoms with E-state index in [0.29, 0.717) is 5.69 Å². The highest BCUT2D eigenvalue weighted by atomic mass is 35.5. The van der Waals surface area contributed by atoms with Crippen LogP contribution in [0.5, 0.6) is 5.75 Å². The fourth-order valence-electron chi connectivity index (χ4n) is 2.82. The van der Waals surface area contributed by atoms with E-state index in [4.69, 9.17) is 25.8 Å². The summed E-state index contributed by atoms with van der Waals surface area (Å²) in [4.78, 5) is 25.1. The lowest BCUT2D eigenvalue weighted by Crippen LogP contribution is -2.15. The number of halogens is 2. The first-order valence-electron chi connectivity index (χ1n) is 8.32. The molecule has 0 aliphatic heterocycles. The molecule has 0 N–H and O–H groups in total. The molecule has 0 aliphatic rings.